The number of allylic oxidation sites excluding steroid dienone is 1. The number of aryl methyl sites for hydroxylation is 1. The van der Waals surface area contributed by atoms with Gasteiger partial charge in [0.15, 0.2) is 5.78 Å². The summed E-state index contributed by atoms with van der Waals surface area (Å²) in [6.07, 6.45) is 4.47. The van der Waals surface area contributed by atoms with E-state index in [1.165, 1.54) is 41.3 Å². The normalized spacial score (nSPS) is 11.5. The molecule has 0 aliphatic carbocycles. The van der Waals surface area contributed by atoms with Crippen LogP contribution in [0.25, 0.3) is 16.3 Å². The lowest BCUT2D eigenvalue weighted by Crippen LogP contribution is -2.17. The van der Waals surface area contributed by atoms with Crippen LogP contribution < -0.4 is 5.56 Å². The van der Waals surface area contributed by atoms with Crippen molar-refractivity contribution in [3.05, 3.63) is 68.6 Å². The zero-order valence-corrected chi connectivity index (χ0v) is 14.7. The van der Waals surface area contributed by atoms with Gasteiger partial charge >= 0.3 is 0 Å². The Balaban J connectivity index is 2.04. The zero-order valence-electron chi connectivity index (χ0n) is 13.1. The smallest absolute Gasteiger partial charge is 0.261 e. The van der Waals surface area contributed by atoms with Crippen LogP contribution in [0.2, 0.25) is 0 Å². The second kappa shape index (κ2) is 6.75. The van der Waals surface area contributed by atoms with Crippen molar-refractivity contribution >= 4 is 45.2 Å². The Kier molecular flexibility index (Phi) is 4.69. The fourth-order valence-electron chi connectivity index (χ4n) is 2.44. The van der Waals surface area contributed by atoms with Crippen molar-refractivity contribution in [1.82, 2.24) is 4.98 Å². The fourth-order valence-corrected chi connectivity index (χ4v) is 4.08. The van der Waals surface area contributed by atoms with Gasteiger partial charge in [-0.1, -0.05) is 12.1 Å². The summed E-state index contributed by atoms with van der Waals surface area (Å²) in [5, 5.41) is 2.72. The van der Waals surface area contributed by atoms with E-state index >= 15 is 0 Å². The van der Waals surface area contributed by atoms with Crippen molar-refractivity contribution in [3.63, 3.8) is 0 Å². The van der Waals surface area contributed by atoms with Gasteiger partial charge in [0, 0.05) is 15.8 Å². The molecular weight excluding hydrogens is 345 g/mol. The maximum atomic E-state index is 13.9. The average Bonchev–Trinajstić information content (AvgIpc) is 3.00. The van der Waals surface area contributed by atoms with Gasteiger partial charge in [-0.3, -0.25) is 9.59 Å². The molecule has 2 heterocycles. The number of benzene rings is 1. The van der Waals surface area contributed by atoms with E-state index in [9.17, 15) is 14.0 Å². The number of pyridine rings is 1. The van der Waals surface area contributed by atoms with Crippen LogP contribution in [0.3, 0.4) is 0 Å². The monoisotopic (exact) mass is 359 g/mol. The fraction of sp³-hybridized carbons (Fsp3) is 0.111. The number of aromatic amines is 1. The maximum absolute atomic E-state index is 13.9. The quantitative estimate of drug-likeness (QED) is 0.419. The van der Waals surface area contributed by atoms with Gasteiger partial charge in [0.25, 0.3) is 5.56 Å². The molecule has 0 saturated carbocycles. The molecular formula is C18H14FNO2S2. The molecule has 6 heteroatoms. The third-order valence-electron chi connectivity index (χ3n) is 3.61. The van der Waals surface area contributed by atoms with Crippen molar-refractivity contribution in [2.45, 2.75) is 11.8 Å². The minimum Gasteiger partial charge on any atom is -0.313 e. The predicted octanol–water partition coefficient (Wildman–Crippen LogP) is 4.66. The van der Waals surface area contributed by atoms with Gasteiger partial charge in [0.05, 0.1) is 0 Å². The van der Waals surface area contributed by atoms with Gasteiger partial charge in [-0.05, 0) is 48.4 Å². The maximum Gasteiger partial charge on any atom is 0.261 e. The van der Waals surface area contributed by atoms with E-state index in [1.807, 2.05) is 17.7 Å². The molecule has 0 fully saturated rings. The van der Waals surface area contributed by atoms with Crippen LogP contribution in [-0.4, -0.2) is 17.0 Å². The molecule has 3 rings (SSSR count). The number of H-pyrrole nitrogens is 1. The summed E-state index contributed by atoms with van der Waals surface area (Å²) >= 11 is 2.77. The number of nitrogens with one attached hydrogen (secondary N) is 1. The number of aromatic nitrogens is 1. The highest BCUT2D eigenvalue weighted by molar-refractivity contribution is 7.99. The molecule has 1 aromatic carbocycles. The topological polar surface area (TPSA) is 49.9 Å². The molecule has 3 nitrogen and oxygen atoms in total. The molecule has 3 aromatic rings. The van der Waals surface area contributed by atoms with Crippen molar-refractivity contribution < 1.29 is 9.18 Å². The van der Waals surface area contributed by atoms with Crippen LogP contribution in [0.15, 0.2) is 45.4 Å². The lowest BCUT2D eigenvalue weighted by atomic mass is 10.1. The van der Waals surface area contributed by atoms with Gasteiger partial charge in [0.1, 0.15) is 16.2 Å². The number of thioether (sulfide) groups is 1. The Hall–Kier alpha value is -2.18. The van der Waals surface area contributed by atoms with Crippen LogP contribution in [0, 0.1) is 12.7 Å². The predicted molar refractivity (Wildman–Crippen MR) is 98.7 cm³/mol. The van der Waals surface area contributed by atoms with Crippen molar-refractivity contribution in [2.75, 3.05) is 6.26 Å². The summed E-state index contributed by atoms with van der Waals surface area (Å²) in [4.78, 5) is 28.9. The summed E-state index contributed by atoms with van der Waals surface area (Å²) in [6, 6.07) is 6.66. The third-order valence-corrected chi connectivity index (χ3v) is 5.27. The number of hydrogen-bond acceptors (Lipinski definition) is 4. The first-order valence-electron chi connectivity index (χ1n) is 7.17. The summed E-state index contributed by atoms with van der Waals surface area (Å²) in [5.41, 5.74) is 0.790. The van der Waals surface area contributed by atoms with Crippen molar-refractivity contribution in [1.29, 1.82) is 0 Å². The van der Waals surface area contributed by atoms with Crippen LogP contribution in [0.4, 0.5) is 4.39 Å². The SMILES string of the molecule is CSc1c(C(=O)/C=C/c2ccc(C)cc2F)c(=O)[nH]c2sccc12. The number of fused-ring (bicyclic) bond motifs is 1. The first-order valence-corrected chi connectivity index (χ1v) is 9.27. The molecule has 0 spiro atoms. The van der Waals surface area contributed by atoms with E-state index in [0.717, 1.165) is 15.8 Å². The van der Waals surface area contributed by atoms with E-state index in [-0.39, 0.29) is 5.56 Å². The Morgan fingerprint density at radius 1 is 1.33 bits per heavy atom. The molecule has 122 valence electrons. The van der Waals surface area contributed by atoms with Gasteiger partial charge in [-0.25, -0.2) is 4.39 Å². The highest BCUT2D eigenvalue weighted by Crippen LogP contribution is 2.30. The van der Waals surface area contributed by atoms with Crippen molar-refractivity contribution in [3.8, 4) is 0 Å². The van der Waals surface area contributed by atoms with Crippen LogP contribution in [0.5, 0.6) is 0 Å². The number of rotatable bonds is 4. The van der Waals surface area contributed by atoms with Crippen LogP contribution in [0.1, 0.15) is 21.5 Å². The van der Waals surface area contributed by atoms with Gasteiger partial charge in [-0.2, -0.15) is 0 Å². The van der Waals surface area contributed by atoms with E-state index in [2.05, 4.69) is 4.98 Å². The number of hydrogen-bond donors (Lipinski definition) is 1. The number of carbonyl (C=O) groups is 1. The summed E-state index contributed by atoms with van der Waals surface area (Å²) in [5.74, 6) is -0.833. The molecule has 24 heavy (non-hydrogen) atoms. The Morgan fingerprint density at radius 3 is 2.83 bits per heavy atom. The molecule has 0 bridgehead atoms. The van der Waals surface area contributed by atoms with Gasteiger partial charge in [-0.15, -0.1) is 23.1 Å². The largest absolute Gasteiger partial charge is 0.313 e. The summed E-state index contributed by atoms with van der Waals surface area (Å²) in [7, 11) is 0. The highest BCUT2D eigenvalue weighted by atomic mass is 32.2. The first-order chi connectivity index (χ1) is 11.5. The Bertz CT molecular complexity index is 1020. The standard InChI is InChI=1S/C18H14FNO2S2/c1-10-3-4-11(13(19)9-10)5-6-14(21)15-16(23-2)12-7-8-24-18(12)20-17(15)22/h3-9H,1-2H3,(H,20,22)/b6-5+. The summed E-state index contributed by atoms with van der Waals surface area (Å²) in [6.45, 7) is 1.79. The lowest BCUT2D eigenvalue weighted by Gasteiger charge is -2.05. The molecule has 0 atom stereocenters. The van der Waals surface area contributed by atoms with E-state index in [1.54, 1.807) is 19.1 Å². The van der Waals surface area contributed by atoms with Gasteiger partial charge in [0.2, 0.25) is 0 Å². The van der Waals surface area contributed by atoms with Crippen LogP contribution >= 0.6 is 23.1 Å². The van der Waals surface area contributed by atoms with E-state index in [0.29, 0.717) is 10.5 Å². The molecule has 1 N–H and O–H groups in total. The summed E-state index contributed by atoms with van der Waals surface area (Å²) < 4.78 is 13.9. The van der Waals surface area contributed by atoms with Crippen molar-refractivity contribution in [2.24, 2.45) is 0 Å². The van der Waals surface area contributed by atoms with E-state index < -0.39 is 17.2 Å². The molecule has 2 aromatic heterocycles. The minimum atomic E-state index is -0.436. The Morgan fingerprint density at radius 2 is 2.12 bits per heavy atom. The Labute approximate surface area is 146 Å². The van der Waals surface area contributed by atoms with Gasteiger partial charge < -0.3 is 4.98 Å². The molecule has 0 saturated heterocycles. The molecule has 0 aliphatic rings. The zero-order chi connectivity index (χ0) is 17.3. The number of carbonyl (C=O) groups excluding carboxylic acids is 1. The highest BCUT2D eigenvalue weighted by Gasteiger charge is 2.17. The second-order valence-electron chi connectivity index (χ2n) is 5.25. The van der Waals surface area contributed by atoms with Crippen LogP contribution in [-0.2, 0) is 0 Å². The molecule has 0 amide bonds. The number of thiophene rings is 1. The first kappa shape index (κ1) is 16.7. The third kappa shape index (κ3) is 3.07. The molecule has 0 radical (unpaired) electrons. The minimum absolute atomic E-state index is 0.0946. The molecule has 0 unspecified atom stereocenters. The second-order valence-corrected chi connectivity index (χ2v) is 6.98. The lowest BCUT2D eigenvalue weighted by molar-refractivity contribution is 0.104. The average molecular weight is 359 g/mol. The van der Waals surface area contributed by atoms with E-state index in [4.69, 9.17) is 0 Å². The number of halogens is 1. The molecule has 0 aliphatic heterocycles. The number of ketones is 1.